The number of thiophene rings is 1. The van der Waals surface area contributed by atoms with E-state index in [0.29, 0.717) is 31.9 Å². The molecule has 2 heterocycles. The lowest BCUT2D eigenvalue weighted by Crippen LogP contribution is -2.17. The molecule has 1 aliphatic rings. The van der Waals surface area contributed by atoms with E-state index in [1.807, 2.05) is 0 Å². The first-order chi connectivity index (χ1) is 13.0. The van der Waals surface area contributed by atoms with Crippen molar-refractivity contribution in [1.82, 2.24) is 0 Å². The molecule has 0 unspecified atom stereocenters. The molecule has 0 bridgehead atoms. The predicted octanol–water partition coefficient (Wildman–Crippen LogP) is 5.15. The van der Waals surface area contributed by atoms with Crippen LogP contribution in [-0.2, 0) is 12.8 Å². The lowest BCUT2D eigenvalue weighted by atomic mass is 10.1. The maximum Gasteiger partial charge on any atom is 0.292 e. The van der Waals surface area contributed by atoms with Crippen molar-refractivity contribution < 1.29 is 14.0 Å². The standard InChI is InChI=1S/C19H14Cl2N2O3S/c20-11-5-1-3-9(16(11)21)12-7-8-13(26-12)18(25)23-19-15(17(22)24)10-4-2-6-14(10)27-19/h1,3,5,7-8H,2,4,6H2,(H2,22,24)(H,23,25). The molecule has 0 spiro atoms. The number of amides is 2. The number of nitrogens with two attached hydrogens (primary N) is 1. The number of benzene rings is 1. The van der Waals surface area contributed by atoms with Crippen molar-refractivity contribution in [3.63, 3.8) is 0 Å². The SMILES string of the molecule is NC(=O)c1c(NC(=O)c2ccc(-c3cccc(Cl)c3Cl)o2)sc2c1CCC2. The Bertz CT molecular complexity index is 1070. The van der Waals surface area contributed by atoms with E-state index >= 15 is 0 Å². The van der Waals surface area contributed by atoms with E-state index in [1.54, 1.807) is 30.3 Å². The first-order valence-electron chi connectivity index (χ1n) is 8.25. The Morgan fingerprint density at radius 1 is 1.15 bits per heavy atom. The van der Waals surface area contributed by atoms with E-state index < -0.39 is 11.8 Å². The van der Waals surface area contributed by atoms with Crippen LogP contribution in [0.5, 0.6) is 0 Å². The summed E-state index contributed by atoms with van der Waals surface area (Å²) >= 11 is 13.6. The van der Waals surface area contributed by atoms with Gasteiger partial charge in [0.1, 0.15) is 10.8 Å². The Hall–Kier alpha value is -2.28. The lowest BCUT2D eigenvalue weighted by Gasteiger charge is -2.05. The average Bonchev–Trinajstić information content (AvgIpc) is 3.32. The van der Waals surface area contributed by atoms with Gasteiger partial charge in [-0.2, -0.15) is 0 Å². The zero-order valence-electron chi connectivity index (χ0n) is 14.0. The molecule has 0 atom stereocenters. The normalized spacial score (nSPS) is 12.8. The molecule has 8 heteroatoms. The summed E-state index contributed by atoms with van der Waals surface area (Å²) in [6.45, 7) is 0. The number of halogens is 2. The van der Waals surface area contributed by atoms with Crippen molar-refractivity contribution in [3.8, 4) is 11.3 Å². The molecule has 0 aliphatic heterocycles. The summed E-state index contributed by atoms with van der Waals surface area (Å²) in [5, 5.41) is 3.97. The van der Waals surface area contributed by atoms with E-state index in [0.717, 1.165) is 29.7 Å². The maximum atomic E-state index is 12.6. The molecular formula is C19H14Cl2N2O3S. The third-order valence-electron chi connectivity index (χ3n) is 4.44. The van der Waals surface area contributed by atoms with Crippen LogP contribution in [0.2, 0.25) is 10.0 Å². The highest BCUT2D eigenvalue weighted by molar-refractivity contribution is 7.17. The van der Waals surface area contributed by atoms with Gasteiger partial charge in [-0.3, -0.25) is 9.59 Å². The molecule has 27 heavy (non-hydrogen) atoms. The molecule has 2 amide bonds. The van der Waals surface area contributed by atoms with Gasteiger partial charge in [0.05, 0.1) is 15.6 Å². The molecule has 0 fully saturated rings. The van der Waals surface area contributed by atoms with Crippen molar-refractivity contribution in [2.45, 2.75) is 19.3 Å². The first kappa shape index (κ1) is 18.1. The third kappa shape index (κ3) is 3.25. The predicted molar refractivity (Wildman–Crippen MR) is 107 cm³/mol. The van der Waals surface area contributed by atoms with E-state index in [1.165, 1.54) is 11.3 Å². The molecule has 0 saturated heterocycles. The monoisotopic (exact) mass is 420 g/mol. The quantitative estimate of drug-likeness (QED) is 0.611. The highest BCUT2D eigenvalue weighted by Gasteiger charge is 2.27. The number of aryl methyl sites for hydroxylation is 1. The molecule has 2 aromatic heterocycles. The van der Waals surface area contributed by atoms with Crippen molar-refractivity contribution in [2.75, 3.05) is 5.32 Å². The zero-order valence-corrected chi connectivity index (χ0v) is 16.3. The Kier molecular flexibility index (Phi) is 4.72. The fourth-order valence-electron chi connectivity index (χ4n) is 3.22. The van der Waals surface area contributed by atoms with Crippen LogP contribution in [0.4, 0.5) is 5.00 Å². The third-order valence-corrected chi connectivity index (χ3v) is 6.47. The number of hydrogen-bond donors (Lipinski definition) is 2. The van der Waals surface area contributed by atoms with Crippen molar-refractivity contribution in [2.24, 2.45) is 5.73 Å². The summed E-state index contributed by atoms with van der Waals surface area (Å²) in [5.41, 5.74) is 7.48. The van der Waals surface area contributed by atoms with Crippen molar-refractivity contribution >= 4 is 51.4 Å². The molecule has 3 aromatic rings. The number of carbonyl (C=O) groups is 2. The van der Waals surface area contributed by atoms with Crippen LogP contribution in [0.1, 0.15) is 37.8 Å². The number of hydrogen-bond acceptors (Lipinski definition) is 4. The second-order valence-electron chi connectivity index (χ2n) is 6.15. The van der Waals surface area contributed by atoms with E-state index in [4.69, 9.17) is 33.4 Å². The molecule has 4 rings (SSSR count). The Morgan fingerprint density at radius 2 is 1.96 bits per heavy atom. The van der Waals surface area contributed by atoms with Crippen LogP contribution in [0.25, 0.3) is 11.3 Å². The molecule has 3 N–H and O–H groups in total. The van der Waals surface area contributed by atoms with Gasteiger partial charge in [-0.1, -0.05) is 29.3 Å². The minimum absolute atomic E-state index is 0.102. The molecule has 0 radical (unpaired) electrons. The molecule has 5 nitrogen and oxygen atoms in total. The average molecular weight is 421 g/mol. The molecule has 1 aromatic carbocycles. The number of anilines is 1. The summed E-state index contributed by atoms with van der Waals surface area (Å²) in [7, 11) is 0. The molecule has 138 valence electrons. The Morgan fingerprint density at radius 3 is 2.74 bits per heavy atom. The van der Waals surface area contributed by atoms with E-state index in [2.05, 4.69) is 5.32 Å². The zero-order chi connectivity index (χ0) is 19.1. The highest BCUT2D eigenvalue weighted by atomic mass is 35.5. The minimum Gasteiger partial charge on any atom is -0.451 e. The van der Waals surface area contributed by atoms with Crippen LogP contribution < -0.4 is 11.1 Å². The minimum atomic E-state index is -0.532. The number of primary amides is 1. The topological polar surface area (TPSA) is 85.3 Å². The highest BCUT2D eigenvalue weighted by Crippen LogP contribution is 2.39. The van der Waals surface area contributed by atoms with E-state index in [-0.39, 0.29) is 5.76 Å². The maximum absolute atomic E-state index is 12.6. The van der Waals surface area contributed by atoms with Gasteiger partial charge in [0.15, 0.2) is 5.76 Å². The van der Waals surface area contributed by atoms with Gasteiger partial charge in [-0.15, -0.1) is 11.3 Å². The smallest absolute Gasteiger partial charge is 0.292 e. The van der Waals surface area contributed by atoms with Gasteiger partial charge in [-0.05, 0) is 49.1 Å². The van der Waals surface area contributed by atoms with Gasteiger partial charge in [0.2, 0.25) is 0 Å². The van der Waals surface area contributed by atoms with Crippen LogP contribution in [0.3, 0.4) is 0 Å². The van der Waals surface area contributed by atoms with Gasteiger partial charge in [-0.25, -0.2) is 0 Å². The van der Waals surface area contributed by atoms with Gasteiger partial charge in [0.25, 0.3) is 11.8 Å². The van der Waals surface area contributed by atoms with Gasteiger partial charge < -0.3 is 15.5 Å². The molecular weight excluding hydrogens is 407 g/mol. The summed E-state index contributed by atoms with van der Waals surface area (Å²) in [6.07, 6.45) is 2.70. The van der Waals surface area contributed by atoms with Gasteiger partial charge in [0, 0.05) is 10.4 Å². The number of fused-ring (bicyclic) bond motifs is 1. The van der Waals surface area contributed by atoms with Crippen LogP contribution in [0, 0.1) is 0 Å². The van der Waals surface area contributed by atoms with Crippen LogP contribution in [0.15, 0.2) is 34.7 Å². The Balaban J connectivity index is 1.61. The lowest BCUT2D eigenvalue weighted by molar-refractivity contribution is 0.0998. The number of rotatable bonds is 4. The van der Waals surface area contributed by atoms with Crippen LogP contribution >= 0.6 is 34.5 Å². The number of nitrogens with one attached hydrogen (secondary N) is 1. The number of furan rings is 1. The molecule has 1 aliphatic carbocycles. The summed E-state index contributed by atoms with van der Waals surface area (Å²) in [6, 6.07) is 8.37. The molecule has 0 saturated carbocycles. The van der Waals surface area contributed by atoms with Crippen LogP contribution in [-0.4, -0.2) is 11.8 Å². The van der Waals surface area contributed by atoms with Gasteiger partial charge >= 0.3 is 0 Å². The fourth-order valence-corrected chi connectivity index (χ4v) is 4.90. The second-order valence-corrected chi connectivity index (χ2v) is 8.04. The summed E-state index contributed by atoms with van der Waals surface area (Å²) < 4.78 is 5.65. The second kappa shape index (κ2) is 7.03. The first-order valence-corrected chi connectivity index (χ1v) is 9.83. The Labute approximate surface area is 169 Å². The number of carbonyl (C=O) groups excluding carboxylic acids is 2. The van der Waals surface area contributed by atoms with Crippen molar-refractivity contribution in [1.29, 1.82) is 0 Å². The summed E-state index contributed by atoms with van der Waals surface area (Å²) in [5.74, 6) is -0.459. The summed E-state index contributed by atoms with van der Waals surface area (Å²) in [4.78, 5) is 25.6. The fraction of sp³-hybridized carbons (Fsp3) is 0.158. The van der Waals surface area contributed by atoms with E-state index in [9.17, 15) is 9.59 Å². The van der Waals surface area contributed by atoms with Crippen molar-refractivity contribution in [3.05, 3.63) is 62.1 Å². The largest absolute Gasteiger partial charge is 0.451 e.